The van der Waals surface area contributed by atoms with E-state index in [1.54, 1.807) is 6.08 Å². The van der Waals surface area contributed by atoms with Crippen LogP contribution in [0.1, 0.15) is 58.8 Å². The van der Waals surface area contributed by atoms with E-state index in [0.29, 0.717) is 19.3 Å². The van der Waals surface area contributed by atoms with Crippen molar-refractivity contribution in [2.24, 2.45) is 28.6 Å². The number of allylic oxidation sites excluding steroid dienone is 1. The number of phosphoric acid groups is 1. The minimum absolute atomic E-state index is 0.00547. The van der Waals surface area contributed by atoms with Gasteiger partial charge in [0.05, 0.1) is 6.10 Å². The molecule has 0 aliphatic heterocycles. The fourth-order valence-electron chi connectivity index (χ4n) is 7.41. The van der Waals surface area contributed by atoms with E-state index in [-0.39, 0.29) is 41.8 Å². The fourth-order valence-corrected chi connectivity index (χ4v) is 7.70. The monoisotopic (exact) mass is 442 g/mol. The van der Waals surface area contributed by atoms with E-state index in [0.717, 1.165) is 18.4 Å². The predicted molar refractivity (Wildman–Crippen MR) is 106 cm³/mol. The summed E-state index contributed by atoms with van der Waals surface area (Å²) in [6.45, 7) is 3.09. The van der Waals surface area contributed by atoms with Crippen LogP contribution in [-0.2, 0) is 18.7 Å². The van der Waals surface area contributed by atoms with Gasteiger partial charge in [0, 0.05) is 11.8 Å². The number of hydrogen-bond donors (Lipinski definition) is 4. The molecule has 0 heterocycles. The molecule has 4 aliphatic rings. The van der Waals surface area contributed by atoms with Gasteiger partial charge in [0.15, 0.2) is 11.6 Å². The summed E-state index contributed by atoms with van der Waals surface area (Å²) in [7, 11) is -4.83. The third-order valence-corrected chi connectivity index (χ3v) is 9.34. The maximum Gasteiger partial charge on any atom is 0.470 e. The van der Waals surface area contributed by atoms with Crippen molar-refractivity contribution in [3.05, 3.63) is 11.6 Å². The number of carbonyl (C=O) groups is 2. The van der Waals surface area contributed by atoms with Crippen molar-refractivity contribution in [3.63, 3.8) is 0 Å². The standard InChI is InChI=1S/C21H31O8P/c1-19-7-5-13(22)9-12(19)3-4-14-15-6-8-21(25,17(24)11-29-30(26,27)28)20(15,2)10-16(23)18(14)19/h9,14-16,18,23,25H,3-8,10-11H2,1-2H3,(H2,26,27,28)/t14-,15-,16+,18-,19+,20-,21+/m1/s1. The molecular weight excluding hydrogens is 411 g/mol. The zero-order valence-corrected chi connectivity index (χ0v) is 18.3. The number of fused-ring (bicyclic) bond motifs is 5. The molecule has 0 radical (unpaired) electrons. The lowest BCUT2D eigenvalue weighted by molar-refractivity contribution is -0.182. The van der Waals surface area contributed by atoms with Crippen molar-refractivity contribution in [2.45, 2.75) is 70.5 Å². The number of ketones is 2. The molecule has 8 nitrogen and oxygen atoms in total. The first-order chi connectivity index (χ1) is 13.8. The molecule has 0 unspecified atom stereocenters. The summed E-state index contributed by atoms with van der Waals surface area (Å²) < 4.78 is 15.4. The minimum atomic E-state index is -4.83. The smallest absolute Gasteiger partial charge is 0.393 e. The Labute approximate surface area is 175 Å². The van der Waals surface area contributed by atoms with Gasteiger partial charge < -0.3 is 20.0 Å². The van der Waals surface area contributed by atoms with Crippen LogP contribution < -0.4 is 0 Å². The van der Waals surface area contributed by atoms with Crippen LogP contribution in [0.5, 0.6) is 0 Å². The lowest BCUT2D eigenvalue weighted by Crippen LogP contribution is -2.62. The molecule has 168 valence electrons. The maximum atomic E-state index is 12.8. The molecule has 9 heteroatoms. The summed E-state index contributed by atoms with van der Waals surface area (Å²) >= 11 is 0. The van der Waals surface area contributed by atoms with E-state index in [1.807, 2.05) is 6.92 Å². The van der Waals surface area contributed by atoms with Crippen LogP contribution in [0, 0.1) is 28.6 Å². The Kier molecular flexibility index (Phi) is 5.25. The molecule has 0 aromatic carbocycles. The molecule has 0 aromatic rings. The van der Waals surface area contributed by atoms with Crippen LogP contribution in [0.4, 0.5) is 0 Å². The molecule has 3 fully saturated rings. The summed E-state index contributed by atoms with van der Waals surface area (Å²) in [6, 6.07) is 0. The summed E-state index contributed by atoms with van der Waals surface area (Å²) in [5.41, 5.74) is -1.84. The van der Waals surface area contributed by atoms with Crippen molar-refractivity contribution in [1.29, 1.82) is 0 Å². The fraction of sp³-hybridized carbons (Fsp3) is 0.810. The molecule has 0 spiro atoms. The van der Waals surface area contributed by atoms with Crippen molar-refractivity contribution in [1.82, 2.24) is 0 Å². The molecule has 0 saturated heterocycles. The van der Waals surface area contributed by atoms with Gasteiger partial charge >= 0.3 is 7.82 Å². The highest BCUT2D eigenvalue weighted by Gasteiger charge is 2.68. The molecule has 30 heavy (non-hydrogen) atoms. The second-order valence-electron chi connectivity index (χ2n) is 10.2. The molecule has 4 N–H and O–H groups in total. The summed E-state index contributed by atoms with van der Waals surface area (Å²) in [5.74, 6) is -0.522. The molecule has 4 aliphatic carbocycles. The Balaban J connectivity index is 1.64. The molecule has 0 amide bonds. The van der Waals surface area contributed by atoms with Crippen molar-refractivity contribution in [3.8, 4) is 0 Å². The number of Topliss-reactive ketones (excluding diaryl/α,β-unsaturated/α-hetero) is 1. The van der Waals surface area contributed by atoms with E-state index in [9.17, 15) is 24.4 Å². The first kappa shape index (κ1) is 22.3. The Morgan fingerprint density at radius 1 is 1.23 bits per heavy atom. The zero-order valence-electron chi connectivity index (χ0n) is 17.4. The highest BCUT2D eigenvalue weighted by atomic mass is 31.2. The second-order valence-corrected chi connectivity index (χ2v) is 11.4. The van der Waals surface area contributed by atoms with Crippen molar-refractivity contribution in [2.75, 3.05) is 6.61 Å². The lowest BCUT2D eigenvalue weighted by Gasteiger charge is -2.60. The molecular formula is C21H31O8P. The van der Waals surface area contributed by atoms with Crippen LogP contribution in [0.3, 0.4) is 0 Å². The van der Waals surface area contributed by atoms with Gasteiger partial charge in [0.1, 0.15) is 12.2 Å². The Bertz CT molecular complexity index is 848. The average molecular weight is 442 g/mol. The second kappa shape index (κ2) is 7.06. The molecule has 4 rings (SSSR count). The Hall–Kier alpha value is -0.890. The van der Waals surface area contributed by atoms with Crippen molar-refractivity contribution >= 4 is 19.4 Å². The van der Waals surface area contributed by atoms with Gasteiger partial charge in [-0.2, -0.15) is 0 Å². The Morgan fingerprint density at radius 2 is 1.93 bits per heavy atom. The van der Waals surface area contributed by atoms with Gasteiger partial charge in [-0.05, 0) is 67.8 Å². The average Bonchev–Trinajstić information content (AvgIpc) is 2.91. The first-order valence-electron chi connectivity index (χ1n) is 10.7. The summed E-state index contributed by atoms with van der Waals surface area (Å²) in [4.78, 5) is 42.6. The lowest BCUT2D eigenvalue weighted by atomic mass is 9.45. The predicted octanol–water partition coefficient (Wildman–Crippen LogP) is 1.90. The van der Waals surface area contributed by atoms with E-state index in [1.165, 1.54) is 0 Å². The van der Waals surface area contributed by atoms with Crippen LogP contribution >= 0.6 is 7.82 Å². The summed E-state index contributed by atoms with van der Waals surface area (Å²) in [5, 5.41) is 22.7. The number of aliphatic hydroxyl groups excluding tert-OH is 1. The quantitative estimate of drug-likeness (QED) is 0.484. The first-order valence-corrected chi connectivity index (χ1v) is 12.2. The molecule has 3 saturated carbocycles. The topological polar surface area (TPSA) is 141 Å². The number of phosphoric ester groups is 1. The highest BCUT2D eigenvalue weighted by molar-refractivity contribution is 7.46. The summed E-state index contributed by atoms with van der Waals surface area (Å²) in [6.07, 6.45) is 4.79. The largest absolute Gasteiger partial charge is 0.470 e. The maximum absolute atomic E-state index is 12.8. The third kappa shape index (κ3) is 3.19. The number of carbonyl (C=O) groups excluding carboxylic acids is 2. The van der Waals surface area contributed by atoms with Gasteiger partial charge in [0.25, 0.3) is 0 Å². The highest BCUT2D eigenvalue weighted by Crippen LogP contribution is 2.67. The van der Waals surface area contributed by atoms with Crippen LogP contribution in [0.2, 0.25) is 0 Å². The van der Waals surface area contributed by atoms with Crippen LogP contribution in [-0.4, -0.2) is 49.9 Å². The number of hydrogen-bond acceptors (Lipinski definition) is 6. The SMILES string of the molecule is C[C@]12CCC(=O)C=C1CC[C@H]1[C@@H]2[C@@H](O)C[C@]2(C)[C@@H]1CC[C@]2(O)C(=O)COP(=O)(O)O. The van der Waals surface area contributed by atoms with Gasteiger partial charge in [-0.25, -0.2) is 4.57 Å². The van der Waals surface area contributed by atoms with E-state index in [4.69, 9.17) is 9.79 Å². The van der Waals surface area contributed by atoms with E-state index in [2.05, 4.69) is 11.4 Å². The number of aliphatic hydroxyl groups is 2. The van der Waals surface area contributed by atoms with Crippen LogP contribution in [0.15, 0.2) is 11.6 Å². The molecule has 0 bridgehead atoms. The van der Waals surface area contributed by atoms with Crippen LogP contribution in [0.25, 0.3) is 0 Å². The van der Waals surface area contributed by atoms with Gasteiger partial charge in [-0.15, -0.1) is 0 Å². The third-order valence-electron chi connectivity index (χ3n) is 8.87. The number of rotatable bonds is 4. The Morgan fingerprint density at radius 3 is 2.60 bits per heavy atom. The van der Waals surface area contributed by atoms with Gasteiger partial charge in [-0.1, -0.05) is 19.4 Å². The molecule has 7 atom stereocenters. The minimum Gasteiger partial charge on any atom is -0.393 e. The van der Waals surface area contributed by atoms with Gasteiger partial charge in [0.2, 0.25) is 0 Å². The van der Waals surface area contributed by atoms with Crippen molar-refractivity contribution < 1.29 is 38.7 Å². The van der Waals surface area contributed by atoms with E-state index >= 15 is 0 Å². The molecule has 0 aromatic heterocycles. The normalized spacial score (nSPS) is 45.9. The van der Waals surface area contributed by atoms with Gasteiger partial charge in [-0.3, -0.25) is 14.1 Å². The zero-order chi connectivity index (χ0) is 22.1. The van der Waals surface area contributed by atoms with E-state index < -0.39 is 37.3 Å².